The lowest BCUT2D eigenvalue weighted by atomic mass is 9.91. The summed E-state index contributed by atoms with van der Waals surface area (Å²) in [6, 6.07) is 6.00. The highest BCUT2D eigenvalue weighted by molar-refractivity contribution is 9.10. The lowest BCUT2D eigenvalue weighted by molar-refractivity contribution is 0.933. The number of halogens is 1. The van der Waals surface area contributed by atoms with Crippen molar-refractivity contribution in [1.82, 2.24) is 4.57 Å². The van der Waals surface area contributed by atoms with E-state index in [1.165, 1.54) is 11.8 Å². The predicted octanol–water partition coefficient (Wildman–Crippen LogP) is 2.24. The van der Waals surface area contributed by atoms with Crippen LogP contribution in [-0.2, 0) is 0 Å². The van der Waals surface area contributed by atoms with E-state index in [-0.39, 0.29) is 5.92 Å². The number of allylic oxidation sites excluding steroid dienone is 1. The molecule has 0 saturated heterocycles. The number of nitrogens with two attached hydrogens (primary N) is 2. The maximum Gasteiger partial charge on any atom is 0.114 e. The number of thioether (sulfide) groups is 1. The molecule has 1 aromatic heterocycles. The molecule has 0 fully saturated rings. The molecule has 4 nitrogen and oxygen atoms in total. The van der Waals surface area contributed by atoms with Crippen molar-refractivity contribution in [2.75, 3.05) is 0 Å². The maximum atomic E-state index is 9.28. The zero-order valence-corrected chi connectivity index (χ0v) is 12.2. The number of nitriles is 1. The van der Waals surface area contributed by atoms with Crippen molar-refractivity contribution in [3.05, 3.63) is 38.6 Å². The van der Waals surface area contributed by atoms with Crippen molar-refractivity contribution in [2.24, 2.45) is 11.5 Å². The molecule has 1 atom stereocenters. The van der Waals surface area contributed by atoms with Crippen LogP contribution in [0.25, 0.3) is 5.82 Å². The number of fused-ring (bicyclic) bond motifs is 3. The average Bonchev–Trinajstić information content (AvgIpc) is 2.81. The first-order valence-electron chi connectivity index (χ1n) is 5.05. The summed E-state index contributed by atoms with van der Waals surface area (Å²) in [5, 5.41) is 9.75. The SMILES string of the molecule is N#CC1=C(N)SC(=S)C2=C(N)n3c(Br)ccc3C12. The summed E-state index contributed by atoms with van der Waals surface area (Å²) < 4.78 is 3.35. The van der Waals surface area contributed by atoms with Gasteiger partial charge in [0.1, 0.15) is 5.82 Å². The van der Waals surface area contributed by atoms with Gasteiger partial charge in [-0.3, -0.25) is 4.57 Å². The van der Waals surface area contributed by atoms with Crippen LogP contribution in [0.5, 0.6) is 0 Å². The van der Waals surface area contributed by atoms with E-state index in [9.17, 15) is 5.26 Å². The molecule has 0 radical (unpaired) electrons. The van der Waals surface area contributed by atoms with Gasteiger partial charge in [0, 0.05) is 11.3 Å². The molecule has 2 aliphatic rings. The van der Waals surface area contributed by atoms with E-state index >= 15 is 0 Å². The van der Waals surface area contributed by atoms with Gasteiger partial charge in [0.15, 0.2) is 0 Å². The molecule has 0 amide bonds. The number of hydrogen-bond acceptors (Lipinski definition) is 5. The van der Waals surface area contributed by atoms with Crippen LogP contribution in [0.4, 0.5) is 0 Å². The lowest BCUT2D eigenvalue weighted by Crippen LogP contribution is -2.18. The molecule has 0 saturated carbocycles. The van der Waals surface area contributed by atoms with Gasteiger partial charge < -0.3 is 11.5 Å². The van der Waals surface area contributed by atoms with E-state index < -0.39 is 0 Å². The molecule has 90 valence electrons. The Labute approximate surface area is 121 Å². The molecule has 0 aromatic carbocycles. The van der Waals surface area contributed by atoms with Gasteiger partial charge in [-0.25, -0.2) is 0 Å². The van der Waals surface area contributed by atoms with E-state index in [4.69, 9.17) is 23.7 Å². The van der Waals surface area contributed by atoms with Gasteiger partial charge >= 0.3 is 0 Å². The van der Waals surface area contributed by atoms with Crippen molar-refractivity contribution in [3.63, 3.8) is 0 Å². The zero-order valence-electron chi connectivity index (χ0n) is 8.98. The predicted molar refractivity (Wildman–Crippen MR) is 79.3 cm³/mol. The fourth-order valence-electron chi connectivity index (χ4n) is 2.31. The van der Waals surface area contributed by atoms with Crippen molar-refractivity contribution in [1.29, 1.82) is 5.26 Å². The Bertz CT molecular complexity index is 692. The van der Waals surface area contributed by atoms with Gasteiger partial charge in [-0.15, -0.1) is 0 Å². The summed E-state index contributed by atoms with van der Waals surface area (Å²) in [7, 11) is 0. The summed E-state index contributed by atoms with van der Waals surface area (Å²) in [6.07, 6.45) is 0. The summed E-state index contributed by atoms with van der Waals surface area (Å²) >= 11 is 10.00. The van der Waals surface area contributed by atoms with Crippen LogP contribution in [0.15, 0.2) is 32.9 Å². The fourth-order valence-corrected chi connectivity index (χ4v) is 4.13. The highest BCUT2D eigenvalue weighted by atomic mass is 79.9. The molecule has 0 spiro atoms. The first-order valence-corrected chi connectivity index (χ1v) is 7.07. The number of rotatable bonds is 0. The Kier molecular flexibility index (Phi) is 2.55. The fraction of sp³-hybridized carbons (Fsp3) is 0.0909. The Balaban J connectivity index is 2.35. The van der Waals surface area contributed by atoms with Crippen LogP contribution in [0.2, 0.25) is 0 Å². The van der Waals surface area contributed by atoms with Crippen LogP contribution < -0.4 is 11.5 Å². The molecular formula is C11H7BrN4S2. The van der Waals surface area contributed by atoms with Crippen molar-refractivity contribution >= 4 is 49.9 Å². The number of hydrogen-bond donors (Lipinski definition) is 2. The van der Waals surface area contributed by atoms with Gasteiger partial charge in [-0.1, -0.05) is 24.0 Å². The largest absolute Gasteiger partial charge is 0.392 e. The number of aromatic nitrogens is 1. The van der Waals surface area contributed by atoms with E-state index in [1.54, 1.807) is 0 Å². The molecule has 1 aromatic rings. The minimum atomic E-state index is -0.227. The first-order chi connectivity index (χ1) is 8.56. The lowest BCUT2D eigenvalue weighted by Gasteiger charge is -2.21. The third kappa shape index (κ3) is 1.34. The molecule has 3 rings (SSSR count). The standard InChI is InChI=1S/C11H7BrN4S2/c12-6-2-1-5-7-4(3-13)10(15)18-11(17)8(7)9(14)16(5)6/h1-2,7H,14-15H2. The minimum absolute atomic E-state index is 0.227. The van der Waals surface area contributed by atoms with Crippen molar-refractivity contribution in [3.8, 4) is 6.07 Å². The smallest absolute Gasteiger partial charge is 0.114 e. The second-order valence-corrected chi connectivity index (χ2v) is 6.46. The van der Waals surface area contributed by atoms with Crippen LogP contribution in [0.3, 0.4) is 0 Å². The molecule has 3 heterocycles. The van der Waals surface area contributed by atoms with Gasteiger partial charge in [0.05, 0.1) is 31.4 Å². The number of thiocarbonyl (C=S) groups is 1. The molecule has 18 heavy (non-hydrogen) atoms. The van der Waals surface area contributed by atoms with E-state index in [0.29, 0.717) is 20.6 Å². The summed E-state index contributed by atoms with van der Waals surface area (Å²) in [4.78, 5) is 0. The molecule has 7 heteroatoms. The molecule has 2 aliphatic heterocycles. The highest BCUT2D eigenvalue weighted by Crippen LogP contribution is 2.49. The minimum Gasteiger partial charge on any atom is -0.392 e. The summed E-state index contributed by atoms with van der Waals surface area (Å²) in [6.45, 7) is 0. The second kappa shape index (κ2) is 3.88. The molecule has 0 bridgehead atoms. The Morgan fingerprint density at radius 3 is 2.83 bits per heavy atom. The molecule has 1 unspecified atom stereocenters. The first kappa shape index (κ1) is 11.8. The van der Waals surface area contributed by atoms with Gasteiger partial charge in [-0.05, 0) is 28.1 Å². The summed E-state index contributed by atoms with van der Waals surface area (Å²) in [5.41, 5.74) is 14.3. The average molecular weight is 339 g/mol. The van der Waals surface area contributed by atoms with Crippen LogP contribution in [-0.4, -0.2) is 8.76 Å². The Morgan fingerprint density at radius 1 is 1.44 bits per heavy atom. The highest BCUT2D eigenvalue weighted by Gasteiger charge is 2.40. The third-order valence-electron chi connectivity index (χ3n) is 3.06. The number of nitrogens with zero attached hydrogens (tertiary/aromatic N) is 2. The Morgan fingerprint density at radius 2 is 2.17 bits per heavy atom. The third-order valence-corrected chi connectivity index (χ3v) is 5.00. The van der Waals surface area contributed by atoms with Gasteiger partial charge in [-0.2, -0.15) is 5.26 Å². The maximum absolute atomic E-state index is 9.28. The van der Waals surface area contributed by atoms with Gasteiger partial charge in [0.2, 0.25) is 0 Å². The van der Waals surface area contributed by atoms with Crippen LogP contribution >= 0.6 is 39.9 Å². The molecule has 0 aliphatic carbocycles. The second-order valence-electron chi connectivity index (χ2n) is 3.93. The zero-order chi connectivity index (χ0) is 13.0. The van der Waals surface area contributed by atoms with Crippen molar-refractivity contribution in [2.45, 2.75) is 5.92 Å². The van der Waals surface area contributed by atoms with Gasteiger partial charge in [0.25, 0.3) is 0 Å². The molecular weight excluding hydrogens is 332 g/mol. The van der Waals surface area contributed by atoms with Crippen LogP contribution in [0.1, 0.15) is 11.6 Å². The normalized spacial score (nSPS) is 22.0. The quantitative estimate of drug-likeness (QED) is 0.709. The summed E-state index contributed by atoms with van der Waals surface area (Å²) in [5.74, 6) is 0.347. The van der Waals surface area contributed by atoms with E-state index in [0.717, 1.165) is 15.9 Å². The monoisotopic (exact) mass is 338 g/mol. The Hall–Kier alpha value is -1.23. The van der Waals surface area contributed by atoms with Crippen LogP contribution in [0, 0.1) is 11.3 Å². The topological polar surface area (TPSA) is 80.8 Å². The van der Waals surface area contributed by atoms with E-state index in [2.05, 4.69) is 22.0 Å². The van der Waals surface area contributed by atoms with E-state index in [1.807, 2.05) is 16.7 Å². The van der Waals surface area contributed by atoms with Crippen molar-refractivity contribution < 1.29 is 0 Å². The molecule has 4 N–H and O–H groups in total.